The van der Waals surface area contributed by atoms with Gasteiger partial charge in [-0.15, -0.1) is 0 Å². The number of anilines is 2. The summed E-state index contributed by atoms with van der Waals surface area (Å²) in [6.07, 6.45) is 0. The van der Waals surface area contributed by atoms with Crippen LogP contribution in [0, 0.1) is 19.3 Å². The normalized spacial score (nSPS) is 10.9. The van der Waals surface area contributed by atoms with Crippen molar-refractivity contribution >= 4 is 23.2 Å². The molecule has 5 nitrogen and oxygen atoms in total. The molecule has 0 spiro atoms. The lowest BCUT2D eigenvalue weighted by atomic mass is 9.90. The maximum atomic E-state index is 12.6. The third-order valence-corrected chi connectivity index (χ3v) is 4.12. The van der Waals surface area contributed by atoms with Gasteiger partial charge < -0.3 is 15.4 Å². The van der Waals surface area contributed by atoms with Crippen molar-refractivity contribution in [3.63, 3.8) is 0 Å². The van der Waals surface area contributed by atoms with E-state index in [2.05, 4.69) is 10.6 Å². The number of hydrogen-bond donors (Lipinski definition) is 2. The first-order chi connectivity index (χ1) is 11.7. The monoisotopic (exact) mass is 340 g/mol. The second-order valence-electron chi connectivity index (χ2n) is 6.58. The molecule has 0 radical (unpaired) electrons. The quantitative estimate of drug-likeness (QED) is 0.811. The van der Waals surface area contributed by atoms with E-state index in [1.807, 2.05) is 32.0 Å². The van der Waals surface area contributed by atoms with Crippen molar-refractivity contribution in [2.75, 3.05) is 17.7 Å². The van der Waals surface area contributed by atoms with Gasteiger partial charge in [-0.25, -0.2) is 0 Å². The molecular formula is C20H24N2O3. The highest BCUT2D eigenvalue weighted by atomic mass is 16.5. The lowest BCUT2D eigenvalue weighted by Gasteiger charge is -2.23. The van der Waals surface area contributed by atoms with E-state index >= 15 is 0 Å². The molecule has 0 aliphatic heterocycles. The Kier molecular flexibility index (Phi) is 5.47. The maximum Gasteiger partial charge on any atom is 0.239 e. The fourth-order valence-electron chi connectivity index (χ4n) is 2.21. The van der Waals surface area contributed by atoms with E-state index < -0.39 is 5.41 Å². The van der Waals surface area contributed by atoms with Gasteiger partial charge >= 0.3 is 0 Å². The molecule has 0 bridgehead atoms. The zero-order valence-electron chi connectivity index (χ0n) is 15.3. The van der Waals surface area contributed by atoms with Crippen LogP contribution in [0.3, 0.4) is 0 Å². The van der Waals surface area contributed by atoms with Gasteiger partial charge in [-0.3, -0.25) is 9.59 Å². The van der Waals surface area contributed by atoms with Crippen LogP contribution in [0.15, 0.2) is 42.5 Å². The molecule has 2 aromatic carbocycles. The average Bonchev–Trinajstić information content (AvgIpc) is 2.58. The van der Waals surface area contributed by atoms with Crippen molar-refractivity contribution in [1.29, 1.82) is 0 Å². The molecule has 2 amide bonds. The molecule has 25 heavy (non-hydrogen) atoms. The summed E-state index contributed by atoms with van der Waals surface area (Å²) < 4.78 is 5.09. The first-order valence-electron chi connectivity index (χ1n) is 8.08. The number of rotatable bonds is 5. The van der Waals surface area contributed by atoms with Gasteiger partial charge in [0.05, 0.1) is 7.11 Å². The van der Waals surface area contributed by atoms with Gasteiger partial charge in [0.1, 0.15) is 11.2 Å². The van der Waals surface area contributed by atoms with Gasteiger partial charge in [0.2, 0.25) is 11.8 Å². The number of amides is 2. The van der Waals surface area contributed by atoms with E-state index in [9.17, 15) is 9.59 Å². The number of ether oxygens (including phenoxy) is 1. The third-order valence-electron chi connectivity index (χ3n) is 4.12. The van der Waals surface area contributed by atoms with Crippen LogP contribution < -0.4 is 15.4 Å². The predicted octanol–water partition coefficient (Wildman–Crippen LogP) is 3.92. The molecule has 2 N–H and O–H groups in total. The van der Waals surface area contributed by atoms with Crippen LogP contribution in [0.5, 0.6) is 5.75 Å². The Bertz CT molecular complexity index is 780. The molecule has 2 aromatic rings. The Labute approximate surface area is 148 Å². The van der Waals surface area contributed by atoms with Gasteiger partial charge in [0, 0.05) is 11.4 Å². The Morgan fingerprint density at radius 2 is 1.52 bits per heavy atom. The fraction of sp³-hybridized carbons (Fsp3) is 0.300. The molecule has 0 heterocycles. The molecule has 0 aliphatic carbocycles. The van der Waals surface area contributed by atoms with E-state index in [1.54, 1.807) is 45.2 Å². The van der Waals surface area contributed by atoms with Crippen LogP contribution in [0.4, 0.5) is 11.4 Å². The fourth-order valence-corrected chi connectivity index (χ4v) is 2.21. The van der Waals surface area contributed by atoms with Crippen LogP contribution in [0.2, 0.25) is 0 Å². The largest absolute Gasteiger partial charge is 0.497 e. The topological polar surface area (TPSA) is 67.4 Å². The predicted molar refractivity (Wildman–Crippen MR) is 100.0 cm³/mol. The van der Waals surface area contributed by atoms with Crippen molar-refractivity contribution in [3.8, 4) is 5.75 Å². The van der Waals surface area contributed by atoms with Gasteiger partial charge in [0.25, 0.3) is 0 Å². The van der Waals surface area contributed by atoms with Gasteiger partial charge in [-0.1, -0.05) is 12.1 Å². The smallest absolute Gasteiger partial charge is 0.239 e. The van der Waals surface area contributed by atoms with Crippen LogP contribution in [0.1, 0.15) is 25.0 Å². The molecule has 2 rings (SSSR count). The number of benzene rings is 2. The number of nitrogens with one attached hydrogen (secondary N) is 2. The van der Waals surface area contributed by atoms with Crippen molar-refractivity contribution < 1.29 is 14.3 Å². The summed E-state index contributed by atoms with van der Waals surface area (Å²) in [5.41, 5.74) is 2.09. The standard InChI is InChI=1S/C20H24N2O3/c1-13-6-7-14(2)17(12-13)22-19(24)20(3,4)18(23)21-15-8-10-16(25-5)11-9-15/h6-12H,1-5H3,(H,21,23)(H,22,24). The molecular weight excluding hydrogens is 316 g/mol. The van der Waals surface area contributed by atoms with Crippen molar-refractivity contribution in [2.45, 2.75) is 27.7 Å². The summed E-state index contributed by atoms with van der Waals surface area (Å²) in [6, 6.07) is 12.8. The highest BCUT2D eigenvalue weighted by Crippen LogP contribution is 2.24. The zero-order chi connectivity index (χ0) is 18.6. The second kappa shape index (κ2) is 7.38. The minimum atomic E-state index is -1.23. The second-order valence-corrected chi connectivity index (χ2v) is 6.58. The molecule has 0 saturated heterocycles. The minimum Gasteiger partial charge on any atom is -0.497 e. The molecule has 132 valence electrons. The molecule has 0 aliphatic rings. The van der Waals surface area contributed by atoms with E-state index in [0.717, 1.165) is 16.8 Å². The maximum absolute atomic E-state index is 12.6. The van der Waals surface area contributed by atoms with Crippen LogP contribution >= 0.6 is 0 Å². The lowest BCUT2D eigenvalue weighted by Crippen LogP contribution is -2.41. The first-order valence-corrected chi connectivity index (χ1v) is 8.08. The Hall–Kier alpha value is -2.82. The summed E-state index contributed by atoms with van der Waals surface area (Å²) in [6.45, 7) is 7.08. The third kappa shape index (κ3) is 4.38. The molecule has 0 aromatic heterocycles. The summed E-state index contributed by atoms with van der Waals surface area (Å²) in [7, 11) is 1.58. The van der Waals surface area contributed by atoms with Crippen LogP contribution in [-0.4, -0.2) is 18.9 Å². The van der Waals surface area contributed by atoms with Gasteiger partial charge in [-0.2, -0.15) is 0 Å². The van der Waals surface area contributed by atoms with Crippen molar-refractivity contribution in [2.24, 2.45) is 5.41 Å². The number of carbonyl (C=O) groups excluding carboxylic acids is 2. The molecule has 0 atom stereocenters. The van der Waals surface area contributed by atoms with E-state index in [-0.39, 0.29) is 11.8 Å². The number of methoxy groups -OCH3 is 1. The number of aryl methyl sites for hydroxylation is 2. The van der Waals surface area contributed by atoms with Gasteiger partial charge in [-0.05, 0) is 69.2 Å². The summed E-state index contributed by atoms with van der Waals surface area (Å²) in [4.78, 5) is 25.2. The summed E-state index contributed by atoms with van der Waals surface area (Å²) >= 11 is 0. The summed E-state index contributed by atoms with van der Waals surface area (Å²) in [5, 5.41) is 5.63. The Balaban J connectivity index is 2.11. The first kappa shape index (κ1) is 18.5. The molecule has 0 unspecified atom stereocenters. The summed E-state index contributed by atoms with van der Waals surface area (Å²) in [5.74, 6) is -0.0300. The molecule has 0 saturated carbocycles. The highest BCUT2D eigenvalue weighted by Gasteiger charge is 2.36. The van der Waals surface area contributed by atoms with E-state index in [0.29, 0.717) is 11.4 Å². The van der Waals surface area contributed by atoms with Crippen LogP contribution in [-0.2, 0) is 9.59 Å². The number of hydrogen-bond acceptors (Lipinski definition) is 3. The Morgan fingerprint density at radius 1 is 0.920 bits per heavy atom. The minimum absolute atomic E-state index is 0.354. The highest BCUT2D eigenvalue weighted by molar-refractivity contribution is 6.14. The average molecular weight is 340 g/mol. The lowest BCUT2D eigenvalue weighted by molar-refractivity contribution is -0.135. The molecule has 0 fully saturated rings. The molecule has 5 heteroatoms. The number of carbonyl (C=O) groups is 2. The SMILES string of the molecule is COc1ccc(NC(=O)C(C)(C)C(=O)Nc2cc(C)ccc2C)cc1. The van der Waals surface area contributed by atoms with Crippen LogP contribution in [0.25, 0.3) is 0 Å². The van der Waals surface area contributed by atoms with Gasteiger partial charge in [0.15, 0.2) is 0 Å². The van der Waals surface area contributed by atoms with E-state index in [4.69, 9.17) is 4.74 Å². The zero-order valence-corrected chi connectivity index (χ0v) is 15.3. The van der Waals surface area contributed by atoms with Crippen molar-refractivity contribution in [3.05, 3.63) is 53.6 Å². The van der Waals surface area contributed by atoms with E-state index in [1.165, 1.54) is 0 Å². The van der Waals surface area contributed by atoms with Crippen molar-refractivity contribution in [1.82, 2.24) is 0 Å². The Morgan fingerprint density at radius 3 is 2.12 bits per heavy atom.